The van der Waals surface area contributed by atoms with E-state index in [2.05, 4.69) is 15.9 Å². The lowest BCUT2D eigenvalue weighted by molar-refractivity contribution is -0.110. The maximum atomic E-state index is 13.4. The van der Waals surface area contributed by atoms with Crippen LogP contribution < -0.4 is 4.90 Å². The predicted octanol–water partition coefficient (Wildman–Crippen LogP) is 2.44. The van der Waals surface area contributed by atoms with Crippen molar-refractivity contribution in [3.05, 3.63) is 28.0 Å². The monoisotopic (exact) mass is 315 g/mol. The summed E-state index contributed by atoms with van der Waals surface area (Å²) in [6, 6.07) is 2.81. The number of hydrogen-bond acceptors (Lipinski definition) is 4. The molecule has 0 saturated carbocycles. The maximum Gasteiger partial charge on any atom is 0.178 e. The number of carbonyl (C=O) groups is 2. The van der Waals surface area contributed by atoms with Crippen LogP contribution in [0.1, 0.15) is 10.4 Å². The third-order valence-corrected chi connectivity index (χ3v) is 4.99. The molecule has 0 bridgehead atoms. The lowest BCUT2D eigenvalue weighted by atomic mass is 9.91. The van der Waals surface area contributed by atoms with Gasteiger partial charge in [0.1, 0.15) is 18.0 Å². The zero-order valence-corrected chi connectivity index (χ0v) is 10.9. The summed E-state index contributed by atoms with van der Waals surface area (Å²) in [5, 5.41) is -0.120. The van der Waals surface area contributed by atoms with E-state index >= 15 is 0 Å². The molecule has 1 aromatic rings. The molecule has 2 unspecified atom stereocenters. The number of thioether (sulfide) groups is 1. The van der Waals surface area contributed by atoms with Crippen LogP contribution in [0.15, 0.2) is 16.6 Å². The van der Waals surface area contributed by atoms with Crippen molar-refractivity contribution in [2.75, 3.05) is 10.8 Å². The predicted molar refractivity (Wildman–Crippen MR) is 66.7 cm³/mol. The first-order valence-electron chi connectivity index (χ1n) is 5.00. The second kappa shape index (κ2) is 3.81. The lowest BCUT2D eigenvalue weighted by Crippen LogP contribution is -2.54. The minimum Gasteiger partial charge on any atom is -0.348 e. The van der Waals surface area contributed by atoms with E-state index in [9.17, 15) is 14.0 Å². The van der Waals surface area contributed by atoms with Gasteiger partial charge in [-0.25, -0.2) is 4.39 Å². The quantitative estimate of drug-likeness (QED) is 0.589. The molecular weight excluding hydrogens is 309 g/mol. The van der Waals surface area contributed by atoms with E-state index in [1.54, 1.807) is 17.8 Å². The van der Waals surface area contributed by atoms with Crippen LogP contribution in [0, 0.1) is 11.7 Å². The number of rotatable bonds is 1. The zero-order valence-electron chi connectivity index (χ0n) is 8.52. The molecule has 3 rings (SSSR count). The normalized spacial score (nSPS) is 26.0. The van der Waals surface area contributed by atoms with Crippen molar-refractivity contribution in [2.24, 2.45) is 5.92 Å². The van der Waals surface area contributed by atoms with E-state index in [0.29, 0.717) is 22.0 Å². The van der Waals surface area contributed by atoms with Crippen molar-refractivity contribution in [1.29, 1.82) is 0 Å². The molecule has 1 fully saturated rings. The maximum absolute atomic E-state index is 13.4. The SMILES string of the molecule is O=CC1C(=O)c2cc(F)c(Br)cc2N2CSC12. The summed E-state index contributed by atoms with van der Waals surface area (Å²) in [6.07, 6.45) is 0.662. The average molecular weight is 316 g/mol. The number of benzene rings is 1. The number of halogens is 2. The van der Waals surface area contributed by atoms with Crippen molar-refractivity contribution in [3.8, 4) is 0 Å². The number of aldehydes is 1. The highest BCUT2D eigenvalue weighted by molar-refractivity contribution is 9.10. The first-order valence-corrected chi connectivity index (χ1v) is 6.84. The van der Waals surface area contributed by atoms with Gasteiger partial charge in [0.15, 0.2) is 5.78 Å². The van der Waals surface area contributed by atoms with E-state index < -0.39 is 11.7 Å². The molecule has 0 spiro atoms. The van der Waals surface area contributed by atoms with Crippen molar-refractivity contribution in [3.63, 3.8) is 0 Å². The fourth-order valence-electron chi connectivity index (χ4n) is 2.15. The molecule has 1 aromatic carbocycles. The number of carbonyl (C=O) groups excluding carboxylic acids is 2. The number of hydrogen-bond donors (Lipinski definition) is 0. The van der Waals surface area contributed by atoms with Gasteiger partial charge in [-0.3, -0.25) is 4.79 Å². The first-order chi connectivity index (χ1) is 8.13. The highest BCUT2D eigenvalue weighted by Gasteiger charge is 2.46. The molecule has 3 nitrogen and oxygen atoms in total. The Bertz CT molecular complexity index is 536. The molecule has 1 saturated heterocycles. The third-order valence-electron chi connectivity index (χ3n) is 3.06. The summed E-state index contributed by atoms with van der Waals surface area (Å²) in [7, 11) is 0. The average Bonchev–Trinajstić information content (AvgIpc) is 2.26. The molecule has 2 aliphatic heterocycles. The van der Waals surface area contributed by atoms with E-state index in [4.69, 9.17) is 0 Å². The highest BCUT2D eigenvalue weighted by atomic mass is 79.9. The molecule has 88 valence electrons. The van der Waals surface area contributed by atoms with Crippen LogP contribution in [0.5, 0.6) is 0 Å². The van der Waals surface area contributed by atoms with E-state index in [1.807, 2.05) is 4.90 Å². The smallest absolute Gasteiger partial charge is 0.178 e. The van der Waals surface area contributed by atoms with E-state index in [0.717, 1.165) is 5.88 Å². The molecular formula is C11H7BrFNO2S. The summed E-state index contributed by atoms with van der Waals surface area (Å²) < 4.78 is 13.8. The molecule has 0 aliphatic carbocycles. The van der Waals surface area contributed by atoms with E-state index in [1.165, 1.54) is 6.07 Å². The Balaban J connectivity index is 2.18. The molecule has 0 N–H and O–H groups in total. The van der Waals surface area contributed by atoms with Crippen molar-refractivity contribution in [1.82, 2.24) is 0 Å². The van der Waals surface area contributed by atoms with Crippen LogP contribution in [0.2, 0.25) is 0 Å². The first kappa shape index (κ1) is 11.2. The Morgan fingerprint density at radius 2 is 2.29 bits per heavy atom. The molecule has 0 amide bonds. The van der Waals surface area contributed by atoms with Crippen LogP contribution in [-0.4, -0.2) is 23.3 Å². The van der Waals surface area contributed by atoms with Gasteiger partial charge in [0, 0.05) is 5.56 Å². The number of anilines is 1. The molecule has 0 radical (unpaired) electrons. The van der Waals surface area contributed by atoms with Crippen molar-refractivity contribution < 1.29 is 14.0 Å². The number of Topliss-reactive ketones (excluding diaryl/α,β-unsaturated/α-hetero) is 1. The minimum absolute atomic E-state index is 0.120. The van der Waals surface area contributed by atoms with Gasteiger partial charge in [-0.15, -0.1) is 11.8 Å². The minimum atomic E-state index is -0.679. The Morgan fingerprint density at radius 1 is 1.53 bits per heavy atom. The number of fused-ring (bicyclic) bond motifs is 3. The largest absolute Gasteiger partial charge is 0.348 e. The van der Waals surface area contributed by atoms with Gasteiger partial charge in [0.2, 0.25) is 0 Å². The van der Waals surface area contributed by atoms with Crippen molar-refractivity contribution >= 4 is 45.4 Å². The van der Waals surface area contributed by atoms with Gasteiger partial charge >= 0.3 is 0 Å². The van der Waals surface area contributed by atoms with Crippen molar-refractivity contribution in [2.45, 2.75) is 5.37 Å². The van der Waals surface area contributed by atoms with Gasteiger partial charge in [-0.2, -0.15) is 0 Å². The Labute approximate surface area is 109 Å². The second-order valence-corrected chi connectivity index (χ2v) is 5.89. The van der Waals surface area contributed by atoms with Crippen LogP contribution in [0.25, 0.3) is 0 Å². The molecule has 0 aromatic heterocycles. The fraction of sp³-hybridized carbons (Fsp3) is 0.273. The number of ketones is 1. The van der Waals surface area contributed by atoms with Gasteiger partial charge in [0.25, 0.3) is 0 Å². The van der Waals surface area contributed by atoms with Crippen LogP contribution in [-0.2, 0) is 4.79 Å². The Morgan fingerprint density at radius 3 is 2.88 bits per heavy atom. The molecule has 2 aliphatic rings. The summed E-state index contributed by atoms with van der Waals surface area (Å²) in [4.78, 5) is 25.0. The van der Waals surface area contributed by atoms with Gasteiger partial charge < -0.3 is 9.69 Å². The van der Waals surface area contributed by atoms with Gasteiger partial charge in [-0.05, 0) is 28.1 Å². The molecule has 2 heterocycles. The second-order valence-electron chi connectivity index (χ2n) is 3.97. The van der Waals surface area contributed by atoms with Crippen LogP contribution >= 0.6 is 27.7 Å². The van der Waals surface area contributed by atoms with Crippen LogP contribution in [0.4, 0.5) is 10.1 Å². The number of nitrogens with zero attached hydrogens (tertiary/aromatic N) is 1. The Kier molecular flexibility index (Phi) is 2.52. The topological polar surface area (TPSA) is 37.4 Å². The molecule has 2 atom stereocenters. The summed E-state index contributed by atoms with van der Waals surface area (Å²) >= 11 is 4.67. The summed E-state index contributed by atoms with van der Waals surface area (Å²) in [6.45, 7) is 0. The van der Waals surface area contributed by atoms with Gasteiger partial charge in [-0.1, -0.05) is 0 Å². The lowest BCUT2D eigenvalue weighted by Gasteiger charge is -2.48. The molecule has 6 heteroatoms. The van der Waals surface area contributed by atoms with Gasteiger partial charge in [0.05, 0.1) is 21.4 Å². The zero-order chi connectivity index (χ0) is 12.2. The summed E-state index contributed by atoms with van der Waals surface area (Å²) in [5.41, 5.74) is 1.02. The fourth-order valence-corrected chi connectivity index (χ4v) is 3.60. The Hall–Kier alpha value is -0.880. The van der Waals surface area contributed by atoms with E-state index in [-0.39, 0.29) is 11.2 Å². The summed E-state index contributed by atoms with van der Waals surface area (Å²) in [5.74, 6) is -0.710. The highest BCUT2D eigenvalue weighted by Crippen LogP contribution is 2.46. The third kappa shape index (κ3) is 1.47. The van der Waals surface area contributed by atoms with Crippen LogP contribution in [0.3, 0.4) is 0 Å². The molecule has 17 heavy (non-hydrogen) atoms. The standard InChI is InChI=1S/C11H7BrFNO2S/c12-7-2-9-5(1-8(7)13)10(16)6(3-15)11-14(9)4-17-11/h1-3,6,11H,4H2.